The fourth-order valence-electron chi connectivity index (χ4n) is 4.14. The summed E-state index contributed by atoms with van der Waals surface area (Å²) in [5.74, 6) is 1.19. The number of fused-ring (bicyclic) bond motifs is 1. The number of amides is 1. The third kappa shape index (κ3) is 4.65. The number of ether oxygens (including phenoxy) is 1. The Morgan fingerprint density at radius 1 is 1.28 bits per heavy atom. The van der Waals surface area contributed by atoms with Crippen molar-refractivity contribution in [2.75, 3.05) is 7.11 Å². The predicted octanol–water partition coefficient (Wildman–Crippen LogP) is 3.65. The van der Waals surface area contributed by atoms with Crippen LogP contribution in [0.25, 0.3) is 0 Å². The van der Waals surface area contributed by atoms with Crippen molar-refractivity contribution < 1.29 is 9.53 Å². The molecular formula is C23H26N4O2. The molecule has 3 aromatic rings. The Kier molecular flexibility index (Phi) is 5.89. The highest BCUT2D eigenvalue weighted by molar-refractivity contribution is 5.77. The Hall–Kier alpha value is -3.15. The van der Waals surface area contributed by atoms with Crippen molar-refractivity contribution in [3.63, 3.8) is 0 Å². The van der Waals surface area contributed by atoms with Crippen molar-refractivity contribution in [2.45, 2.75) is 44.2 Å². The summed E-state index contributed by atoms with van der Waals surface area (Å²) < 4.78 is 7.11. The van der Waals surface area contributed by atoms with Crippen molar-refractivity contribution in [1.29, 1.82) is 0 Å². The summed E-state index contributed by atoms with van der Waals surface area (Å²) >= 11 is 0. The number of aryl methyl sites for hydroxylation is 1. The van der Waals surface area contributed by atoms with E-state index in [-0.39, 0.29) is 17.9 Å². The summed E-state index contributed by atoms with van der Waals surface area (Å²) in [5, 5.41) is 7.41. The summed E-state index contributed by atoms with van der Waals surface area (Å²) in [4.78, 5) is 17.0. The molecule has 2 unspecified atom stereocenters. The number of aromatic nitrogens is 3. The van der Waals surface area contributed by atoms with Gasteiger partial charge in [0.05, 0.1) is 19.7 Å². The number of benzene rings is 2. The topological polar surface area (TPSA) is 69.0 Å². The maximum absolute atomic E-state index is 13.0. The van der Waals surface area contributed by atoms with Gasteiger partial charge in [0.25, 0.3) is 0 Å². The lowest BCUT2D eigenvalue weighted by atomic mass is 9.81. The van der Waals surface area contributed by atoms with Crippen LogP contribution in [0.1, 0.15) is 47.9 Å². The van der Waals surface area contributed by atoms with Crippen LogP contribution in [0.15, 0.2) is 61.2 Å². The molecule has 0 spiro atoms. The van der Waals surface area contributed by atoms with Crippen molar-refractivity contribution in [3.05, 3.63) is 77.9 Å². The number of hydrogen-bond donors (Lipinski definition) is 1. The van der Waals surface area contributed by atoms with Crippen LogP contribution in [0.5, 0.6) is 5.75 Å². The van der Waals surface area contributed by atoms with Gasteiger partial charge in [0.1, 0.15) is 18.4 Å². The second-order valence-corrected chi connectivity index (χ2v) is 7.51. The first kappa shape index (κ1) is 19.2. The van der Waals surface area contributed by atoms with Gasteiger partial charge in [0.2, 0.25) is 5.91 Å². The van der Waals surface area contributed by atoms with E-state index in [9.17, 15) is 4.79 Å². The number of nitrogens with one attached hydrogen (secondary N) is 1. The van der Waals surface area contributed by atoms with Gasteiger partial charge in [-0.05, 0) is 54.0 Å². The van der Waals surface area contributed by atoms with E-state index in [0.29, 0.717) is 13.0 Å². The number of carbonyl (C=O) groups is 1. The smallest absolute Gasteiger partial charge is 0.221 e. The number of methoxy groups -OCH3 is 1. The fraction of sp³-hybridized carbons (Fsp3) is 0.348. The number of carbonyl (C=O) groups excluding carboxylic acids is 1. The molecule has 0 aliphatic heterocycles. The van der Waals surface area contributed by atoms with E-state index >= 15 is 0 Å². The lowest BCUT2D eigenvalue weighted by molar-refractivity contribution is -0.122. The molecule has 1 aliphatic carbocycles. The average molecular weight is 390 g/mol. The zero-order valence-electron chi connectivity index (χ0n) is 16.6. The van der Waals surface area contributed by atoms with Crippen LogP contribution in [0.3, 0.4) is 0 Å². The average Bonchev–Trinajstić information content (AvgIpc) is 3.27. The van der Waals surface area contributed by atoms with Gasteiger partial charge >= 0.3 is 0 Å². The fourth-order valence-corrected chi connectivity index (χ4v) is 4.14. The van der Waals surface area contributed by atoms with Crippen molar-refractivity contribution in [2.24, 2.45) is 0 Å². The predicted molar refractivity (Wildman–Crippen MR) is 111 cm³/mol. The van der Waals surface area contributed by atoms with E-state index in [2.05, 4.69) is 27.5 Å². The largest absolute Gasteiger partial charge is 0.497 e. The highest BCUT2D eigenvalue weighted by Gasteiger charge is 2.24. The van der Waals surface area contributed by atoms with Crippen molar-refractivity contribution in [1.82, 2.24) is 20.1 Å². The van der Waals surface area contributed by atoms with E-state index in [1.807, 2.05) is 36.4 Å². The standard InChI is InChI=1S/C23H26N4O2/c1-29-20-10-11-21-18(12-20)8-5-9-19(21)13-23(28)26-22(14-27-16-24-15-25-27)17-6-3-2-4-7-17/h2-4,6-7,10-12,15-16,19,22H,5,8-9,13-14H2,1H3,(H,26,28). The van der Waals surface area contributed by atoms with Gasteiger partial charge in [0.15, 0.2) is 0 Å². The molecule has 0 bridgehead atoms. The number of nitrogens with zero attached hydrogens (tertiary/aromatic N) is 3. The van der Waals surface area contributed by atoms with Crippen LogP contribution in [0, 0.1) is 0 Å². The minimum absolute atomic E-state index is 0.0626. The first-order valence-corrected chi connectivity index (χ1v) is 10.1. The normalized spacial score (nSPS) is 16.7. The van der Waals surface area contributed by atoms with Gasteiger partial charge in [-0.1, -0.05) is 36.4 Å². The molecule has 150 valence electrons. The molecule has 6 nitrogen and oxygen atoms in total. The molecule has 1 N–H and O–H groups in total. The summed E-state index contributed by atoms with van der Waals surface area (Å²) in [5.41, 5.74) is 3.64. The molecule has 1 aliphatic rings. The Morgan fingerprint density at radius 3 is 2.90 bits per heavy atom. The Bertz CT molecular complexity index is 941. The van der Waals surface area contributed by atoms with E-state index in [0.717, 1.165) is 30.6 Å². The maximum atomic E-state index is 13.0. The second kappa shape index (κ2) is 8.90. The summed E-state index contributed by atoms with van der Waals surface area (Å²) in [6.45, 7) is 0.550. The van der Waals surface area contributed by atoms with Crippen molar-refractivity contribution in [3.8, 4) is 5.75 Å². The zero-order chi connectivity index (χ0) is 20.1. The van der Waals surface area contributed by atoms with E-state index in [1.165, 1.54) is 17.5 Å². The monoisotopic (exact) mass is 390 g/mol. The van der Waals surface area contributed by atoms with Crippen LogP contribution >= 0.6 is 0 Å². The molecule has 2 aromatic carbocycles. The maximum Gasteiger partial charge on any atom is 0.221 e. The van der Waals surface area contributed by atoms with Crippen LogP contribution in [0.4, 0.5) is 0 Å². The lowest BCUT2D eigenvalue weighted by Crippen LogP contribution is -2.33. The Balaban J connectivity index is 1.47. The molecule has 4 rings (SSSR count). The van der Waals surface area contributed by atoms with E-state index < -0.39 is 0 Å². The highest BCUT2D eigenvalue weighted by Crippen LogP contribution is 2.36. The second-order valence-electron chi connectivity index (χ2n) is 7.51. The molecule has 0 radical (unpaired) electrons. The first-order chi connectivity index (χ1) is 14.2. The SMILES string of the molecule is COc1ccc2c(c1)CCCC2CC(=O)NC(Cn1cncn1)c1ccccc1. The van der Waals surface area contributed by atoms with Crippen molar-refractivity contribution >= 4 is 5.91 Å². The van der Waals surface area contributed by atoms with E-state index in [4.69, 9.17) is 4.74 Å². The summed E-state index contributed by atoms with van der Waals surface area (Å²) in [6, 6.07) is 16.1. The third-order valence-corrected chi connectivity index (χ3v) is 5.59. The van der Waals surface area contributed by atoms with Crippen LogP contribution in [0.2, 0.25) is 0 Å². The molecule has 0 fully saturated rings. The molecule has 6 heteroatoms. The quantitative estimate of drug-likeness (QED) is 0.669. The van der Waals surface area contributed by atoms with Gasteiger partial charge in [-0.25, -0.2) is 4.98 Å². The molecule has 2 atom stereocenters. The highest BCUT2D eigenvalue weighted by atomic mass is 16.5. The third-order valence-electron chi connectivity index (χ3n) is 5.59. The number of rotatable bonds is 7. The minimum Gasteiger partial charge on any atom is -0.497 e. The molecule has 29 heavy (non-hydrogen) atoms. The molecule has 1 heterocycles. The molecule has 1 amide bonds. The van der Waals surface area contributed by atoms with Crippen LogP contribution < -0.4 is 10.1 Å². The molecular weight excluding hydrogens is 364 g/mol. The molecule has 1 aromatic heterocycles. The van der Waals surface area contributed by atoms with Crippen LogP contribution in [-0.2, 0) is 17.8 Å². The first-order valence-electron chi connectivity index (χ1n) is 10.1. The van der Waals surface area contributed by atoms with Gasteiger partial charge in [-0.15, -0.1) is 0 Å². The Morgan fingerprint density at radius 2 is 2.14 bits per heavy atom. The number of hydrogen-bond acceptors (Lipinski definition) is 4. The zero-order valence-corrected chi connectivity index (χ0v) is 16.6. The molecule has 0 saturated carbocycles. The van der Waals surface area contributed by atoms with Gasteiger partial charge in [-0.3, -0.25) is 9.48 Å². The minimum atomic E-state index is -0.149. The Labute approximate surface area is 170 Å². The van der Waals surface area contributed by atoms with Crippen LogP contribution in [-0.4, -0.2) is 27.8 Å². The van der Waals surface area contributed by atoms with Gasteiger partial charge in [0, 0.05) is 6.42 Å². The van der Waals surface area contributed by atoms with Gasteiger partial charge < -0.3 is 10.1 Å². The molecule has 0 saturated heterocycles. The summed E-state index contributed by atoms with van der Waals surface area (Å²) in [6.07, 6.45) is 6.85. The lowest BCUT2D eigenvalue weighted by Gasteiger charge is -2.27. The van der Waals surface area contributed by atoms with E-state index in [1.54, 1.807) is 18.1 Å². The summed E-state index contributed by atoms with van der Waals surface area (Å²) in [7, 11) is 1.69. The van der Waals surface area contributed by atoms with Gasteiger partial charge in [-0.2, -0.15) is 5.10 Å².